The van der Waals surface area contributed by atoms with Crippen molar-refractivity contribution in [1.29, 1.82) is 0 Å². The molecule has 0 aliphatic carbocycles. The summed E-state index contributed by atoms with van der Waals surface area (Å²) in [5, 5.41) is 3.79. The van der Waals surface area contributed by atoms with Crippen molar-refractivity contribution < 1.29 is 14.4 Å². The second-order valence-corrected chi connectivity index (χ2v) is 9.97. The molecule has 8 heteroatoms. The molecule has 3 heterocycles. The van der Waals surface area contributed by atoms with Crippen LogP contribution >= 0.6 is 11.3 Å². The van der Waals surface area contributed by atoms with Gasteiger partial charge < -0.3 is 10.2 Å². The molecular formula is C27H22N4O3S. The van der Waals surface area contributed by atoms with Crippen LogP contribution in [0.4, 0.5) is 11.4 Å². The van der Waals surface area contributed by atoms with Crippen LogP contribution in [-0.4, -0.2) is 39.8 Å². The van der Waals surface area contributed by atoms with Crippen molar-refractivity contribution in [2.75, 3.05) is 16.8 Å². The van der Waals surface area contributed by atoms with Crippen molar-refractivity contribution >= 4 is 50.6 Å². The Morgan fingerprint density at radius 1 is 1.00 bits per heavy atom. The van der Waals surface area contributed by atoms with E-state index in [1.54, 1.807) is 34.4 Å². The number of amides is 3. The zero-order valence-electron chi connectivity index (χ0n) is 19.0. The minimum absolute atomic E-state index is 0.0426. The average molecular weight is 483 g/mol. The second-order valence-electron chi connectivity index (χ2n) is 8.94. The molecule has 3 amide bonds. The third-order valence-corrected chi connectivity index (χ3v) is 7.84. The van der Waals surface area contributed by atoms with Crippen molar-refractivity contribution in [2.45, 2.75) is 25.4 Å². The number of fused-ring (bicyclic) bond motifs is 4. The largest absolute Gasteiger partial charge is 0.324 e. The molecule has 1 fully saturated rings. The van der Waals surface area contributed by atoms with Gasteiger partial charge in [0.05, 0.1) is 27.2 Å². The van der Waals surface area contributed by atoms with Crippen molar-refractivity contribution in [2.24, 2.45) is 0 Å². The molecule has 1 unspecified atom stereocenters. The minimum Gasteiger partial charge on any atom is -0.324 e. The van der Waals surface area contributed by atoms with Gasteiger partial charge in [0.1, 0.15) is 17.2 Å². The number of carbonyl (C=O) groups excluding carboxylic acids is 3. The zero-order chi connectivity index (χ0) is 24.2. The maximum Gasteiger partial charge on any atom is 0.258 e. The lowest BCUT2D eigenvalue weighted by Gasteiger charge is -2.48. The summed E-state index contributed by atoms with van der Waals surface area (Å²) < 4.78 is 1.07. The van der Waals surface area contributed by atoms with Crippen LogP contribution in [0.1, 0.15) is 30.1 Å². The smallest absolute Gasteiger partial charge is 0.258 e. The van der Waals surface area contributed by atoms with Crippen LogP contribution < -0.4 is 10.2 Å². The lowest BCUT2D eigenvalue weighted by molar-refractivity contribution is -0.120. The van der Waals surface area contributed by atoms with Crippen molar-refractivity contribution in [3.63, 3.8) is 0 Å². The Morgan fingerprint density at radius 2 is 1.71 bits per heavy atom. The van der Waals surface area contributed by atoms with Crippen molar-refractivity contribution in [3.05, 3.63) is 78.4 Å². The summed E-state index contributed by atoms with van der Waals surface area (Å²) in [6.07, 6.45) is 0.804. The van der Waals surface area contributed by atoms with Gasteiger partial charge in [0.2, 0.25) is 11.8 Å². The summed E-state index contributed by atoms with van der Waals surface area (Å²) in [6.45, 7) is 1.69. The molecule has 0 spiro atoms. The van der Waals surface area contributed by atoms with Crippen LogP contribution in [0.2, 0.25) is 0 Å². The summed E-state index contributed by atoms with van der Waals surface area (Å²) >= 11 is 1.56. The van der Waals surface area contributed by atoms with E-state index in [1.165, 1.54) is 4.90 Å². The van der Waals surface area contributed by atoms with E-state index in [2.05, 4.69) is 5.32 Å². The monoisotopic (exact) mass is 482 g/mol. The van der Waals surface area contributed by atoms with Crippen LogP contribution in [0.5, 0.6) is 0 Å². The van der Waals surface area contributed by atoms with Crippen molar-refractivity contribution in [1.82, 2.24) is 9.88 Å². The van der Waals surface area contributed by atoms with Gasteiger partial charge >= 0.3 is 0 Å². The SMILES string of the molecule is CC12CCC(=O)N1c1ccccc1C(=O)N2CC(=O)Nc1ccccc1-c1nc2ccccc2s1. The summed E-state index contributed by atoms with van der Waals surface area (Å²) in [5.41, 5.74) is 2.52. The molecule has 0 radical (unpaired) electrons. The number of rotatable bonds is 4. The maximum atomic E-state index is 13.4. The molecule has 7 nitrogen and oxygen atoms in total. The number of thiazole rings is 1. The lowest BCUT2D eigenvalue weighted by Crippen LogP contribution is -2.63. The fraction of sp³-hybridized carbons (Fsp3) is 0.185. The van der Waals surface area contributed by atoms with E-state index >= 15 is 0 Å². The topological polar surface area (TPSA) is 82.6 Å². The van der Waals surface area contributed by atoms with Crippen LogP contribution in [0.15, 0.2) is 72.8 Å². The summed E-state index contributed by atoms with van der Waals surface area (Å²) in [5.74, 6) is -0.616. The number of hydrogen-bond acceptors (Lipinski definition) is 5. The minimum atomic E-state index is -0.883. The zero-order valence-corrected chi connectivity index (χ0v) is 19.8. The number of hydrogen-bond donors (Lipinski definition) is 1. The Balaban J connectivity index is 1.30. The molecule has 1 atom stereocenters. The van der Waals surface area contributed by atoms with E-state index in [0.29, 0.717) is 29.8 Å². The summed E-state index contributed by atoms with van der Waals surface area (Å²) in [4.78, 5) is 47.4. The molecule has 0 saturated carbocycles. The second kappa shape index (κ2) is 8.02. The van der Waals surface area contributed by atoms with Crippen LogP contribution in [0.3, 0.4) is 0 Å². The third-order valence-electron chi connectivity index (χ3n) is 6.77. The highest BCUT2D eigenvalue weighted by Crippen LogP contribution is 2.44. The lowest BCUT2D eigenvalue weighted by atomic mass is 9.98. The number of carbonyl (C=O) groups is 3. The molecule has 2 aliphatic heterocycles. The number of nitrogens with zero attached hydrogens (tertiary/aromatic N) is 3. The van der Waals surface area contributed by atoms with Gasteiger partial charge in [0.15, 0.2) is 0 Å². The van der Waals surface area contributed by atoms with E-state index < -0.39 is 5.66 Å². The van der Waals surface area contributed by atoms with Gasteiger partial charge in [-0.3, -0.25) is 19.3 Å². The Hall–Kier alpha value is -4.04. The van der Waals surface area contributed by atoms with E-state index in [-0.39, 0.29) is 24.3 Å². The number of anilines is 2. The van der Waals surface area contributed by atoms with Gasteiger partial charge in [-0.05, 0) is 49.7 Å². The first-order valence-corrected chi connectivity index (χ1v) is 12.3. The number of nitrogens with one attached hydrogen (secondary N) is 1. The molecule has 174 valence electrons. The molecular weight excluding hydrogens is 460 g/mol. The highest BCUT2D eigenvalue weighted by Gasteiger charge is 2.53. The fourth-order valence-electron chi connectivity index (χ4n) is 5.04. The Bertz CT molecular complexity index is 1480. The van der Waals surface area contributed by atoms with Crippen molar-refractivity contribution in [3.8, 4) is 10.6 Å². The maximum absolute atomic E-state index is 13.4. The molecule has 35 heavy (non-hydrogen) atoms. The number of aromatic nitrogens is 1. The molecule has 0 bridgehead atoms. The third kappa shape index (κ3) is 3.40. The molecule has 3 aromatic carbocycles. The highest BCUT2D eigenvalue weighted by molar-refractivity contribution is 7.21. The normalized spacial score (nSPS) is 19.1. The Labute approximate surface area is 206 Å². The van der Waals surface area contributed by atoms with Gasteiger partial charge in [0.25, 0.3) is 5.91 Å². The Kier molecular flexibility index (Phi) is 4.93. The van der Waals surface area contributed by atoms with E-state index in [9.17, 15) is 14.4 Å². The average Bonchev–Trinajstić information content (AvgIpc) is 3.43. The predicted octanol–water partition coefficient (Wildman–Crippen LogP) is 4.90. The quantitative estimate of drug-likeness (QED) is 0.449. The van der Waals surface area contributed by atoms with E-state index in [1.807, 2.05) is 61.5 Å². The van der Waals surface area contributed by atoms with Gasteiger partial charge in [-0.1, -0.05) is 36.4 Å². The van der Waals surface area contributed by atoms with E-state index in [0.717, 1.165) is 20.8 Å². The molecule has 6 rings (SSSR count). The first kappa shape index (κ1) is 21.5. The fourth-order valence-corrected chi connectivity index (χ4v) is 6.05. The molecule has 1 saturated heterocycles. The predicted molar refractivity (Wildman–Crippen MR) is 136 cm³/mol. The van der Waals surface area contributed by atoms with Crippen LogP contribution in [0.25, 0.3) is 20.8 Å². The number of para-hydroxylation sites is 3. The number of benzene rings is 3. The van der Waals surface area contributed by atoms with Gasteiger partial charge in [-0.15, -0.1) is 11.3 Å². The highest BCUT2D eigenvalue weighted by atomic mass is 32.1. The van der Waals surface area contributed by atoms with Gasteiger partial charge in [-0.2, -0.15) is 0 Å². The van der Waals surface area contributed by atoms with Crippen LogP contribution in [0, 0.1) is 0 Å². The Morgan fingerprint density at radius 3 is 2.54 bits per heavy atom. The summed E-state index contributed by atoms with van der Waals surface area (Å²) in [6, 6.07) is 22.5. The molecule has 4 aromatic rings. The van der Waals surface area contributed by atoms with E-state index in [4.69, 9.17) is 4.98 Å². The first-order valence-electron chi connectivity index (χ1n) is 11.4. The summed E-state index contributed by atoms with van der Waals surface area (Å²) in [7, 11) is 0. The van der Waals surface area contributed by atoms with Crippen LogP contribution in [-0.2, 0) is 9.59 Å². The van der Waals surface area contributed by atoms with Gasteiger partial charge in [-0.25, -0.2) is 4.98 Å². The van der Waals surface area contributed by atoms with Gasteiger partial charge in [0, 0.05) is 12.0 Å². The molecule has 1 aromatic heterocycles. The first-order chi connectivity index (χ1) is 17.0. The molecule has 2 aliphatic rings. The molecule has 1 N–H and O–H groups in total. The standard InChI is InChI=1S/C27H22N4O3S/c1-27-15-14-24(33)31(27)21-12-6-3-9-18(21)26(34)30(27)16-23(32)28-19-10-4-2-8-17(19)25-29-20-11-5-7-13-22(20)35-25/h2-13H,14-16H2,1H3,(H,28,32).